The Morgan fingerprint density at radius 1 is 1.26 bits per heavy atom. The summed E-state index contributed by atoms with van der Waals surface area (Å²) in [7, 11) is 1.48. The molecule has 0 aromatic heterocycles. The molecule has 1 heterocycles. The fraction of sp³-hybridized carbons (Fsp3) is 0.176. The number of anilines is 1. The number of hydrogen-bond donors (Lipinski definition) is 1. The van der Waals surface area contributed by atoms with Gasteiger partial charge in [-0.3, -0.25) is 14.5 Å². The van der Waals surface area contributed by atoms with Gasteiger partial charge in [-0.05, 0) is 29.8 Å². The molecule has 3 rings (SSSR count). The van der Waals surface area contributed by atoms with Crippen LogP contribution >= 0.6 is 11.6 Å². The van der Waals surface area contributed by atoms with E-state index in [0.717, 1.165) is 5.56 Å². The van der Waals surface area contributed by atoms with Gasteiger partial charge in [-0.2, -0.15) is 0 Å². The first-order chi connectivity index (χ1) is 11.0. The summed E-state index contributed by atoms with van der Waals surface area (Å²) in [5.41, 5.74) is 7.38. The van der Waals surface area contributed by atoms with Crippen LogP contribution in [0.3, 0.4) is 0 Å². The number of carbonyl (C=O) groups excluding carboxylic acids is 2. The van der Waals surface area contributed by atoms with Gasteiger partial charge < -0.3 is 10.5 Å². The summed E-state index contributed by atoms with van der Waals surface area (Å²) in [4.78, 5) is 26.3. The summed E-state index contributed by atoms with van der Waals surface area (Å²) in [5.74, 6) is -0.513. The molecule has 2 amide bonds. The first kappa shape index (κ1) is 15.4. The SMILES string of the molecule is COc1ccc(Cl)cc1C(=O)N1c2ccccc2C[C@@H]1C(N)=O. The second-order valence-corrected chi connectivity index (χ2v) is 5.71. The minimum Gasteiger partial charge on any atom is -0.496 e. The maximum absolute atomic E-state index is 13.0. The number of para-hydroxylation sites is 1. The molecule has 0 unspecified atom stereocenters. The maximum atomic E-state index is 13.0. The number of nitrogens with zero attached hydrogens (tertiary/aromatic N) is 1. The molecule has 118 valence electrons. The minimum atomic E-state index is -0.719. The number of methoxy groups -OCH3 is 1. The molecule has 0 spiro atoms. The Morgan fingerprint density at radius 2 is 2.00 bits per heavy atom. The number of rotatable bonds is 3. The molecule has 5 nitrogen and oxygen atoms in total. The Kier molecular flexibility index (Phi) is 3.96. The Labute approximate surface area is 138 Å². The molecule has 1 atom stereocenters. The van der Waals surface area contributed by atoms with Crippen LogP contribution in [0.4, 0.5) is 5.69 Å². The normalized spacial score (nSPS) is 16.1. The molecule has 23 heavy (non-hydrogen) atoms. The average Bonchev–Trinajstić information content (AvgIpc) is 2.94. The molecule has 0 fully saturated rings. The van der Waals surface area contributed by atoms with Gasteiger partial charge in [-0.1, -0.05) is 29.8 Å². The standard InChI is InChI=1S/C17H15ClN2O3/c1-23-15-7-6-11(18)9-12(15)17(22)20-13-5-3-2-4-10(13)8-14(20)16(19)21/h2-7,9,14H,8H2,1H3,(H2,19,21)/t14-/m1/s1. The van der Waals surface area contributed by atoms with Gasteiger partial charge in [0.15, 0.2) is 0 Å². The Bertz CT molecular complexity index is 791. The van der Waals surface area contributed by atoms with E-state index in [4.69, 9.17) is 22.1 Å². The number of carbonyl (C=O) groups is 2. The Balaban J connectivity index is 2.10. The molecule has 0 bridgehead atoms. The van der Waals surface area contributed by atoms with Gasteiger partial charge in [0.05, 0.1) is 12.7 Å². The van der Waals surface area contributed by atoms with Crippen LogP contribution in [0.1, 0.15) is 15.9 Å². The third-order valence-electron chi connectivity index (χ3n) is 3.92. The number of hydrogen-bond acceptors (Lipinski definition) is 3. The van der Waals surface area contributed by atoms with E-state index < -0.39 is 11.9 Å². The van der Waals surface area contributed by atoms with Gasteiger partial charge in [0, 0.05) is 17.1 Å². The van der Waals surface area contributed by atoms with Crippen LogP contribution in [0.2, 0.25) is 5.02 Å². The lowest BCUT2D eigenvalue weighted by Crippen LogP contribution is -2.46. The van der Waals surface area contributed by atoms with Gasteiger partial charge in [0.1, 0.15) is 11.8 Å². The predicted molar refractivity (Wildman–Crippen MR) is 87.9 cm³/mol. The van der Waals surface area contributed by atoms with E-state index in [2.05, 4.69) is 0 Å². The number of primary amides is 1. The van der Waals surface area contributed by atoms with Crippen molar-refractivity contribution in [2.45, 2.75) is 12.5 Å². The molecular formula is C17H15ClN2O3. The van der Waals surface area contributed by atoms with E-state index >= 15 is 0 Å². The number of ether oxygens (including phenoxy) is 1. The summed E-state index contributed by atoms with van der Waals surface area (Å²) in [6.45, 7) is 0. The highest BCUT2D eigenvalue weighted by Crippen LogP contribution is 2.35. The van der Waals surface area contributed by atoms with Crippen molar-refractivity contribution in [2.24, 2.45) is 5.73 Å². The fourth-order valence-corrected chi connectivity index (χ4v) is 3.01. The third-order valence-corrected chi connectivity index (χ3v) is 4.15. The molecule has 1 aliphatic rings. The molecule has 0 aliphatic carbocycles. The van der Waals surface area contributed by atoms with Crippen molar-refractivity contribution in [3.8, 4) is 5.75 Å². The zero-order valence-corrected chi connectivity index (χ0v) is 13.2. The van der Waals surface area contributed by atoms with Crippen molar-refractivity contribution in [3.63, 3.8) is 0 Å². The number of amides is 2. The molecule has 6 heteroatoms. The topological polar surface area (TPSA) is 72.6 Å². The highest BCUT2D eigenvalue weighted by molar-refractivity contribution is 6.31. The lowest BCUT2D eigenvalue weighted by atomic mass is 10.1. The number of halogens is 1. The monoisotopic (exact) mass is 330 g/mol. The van der Waals surface area contributed by atoms with Crippen LogP contribution in [0.15, 0.2) is 42.5 Å². The van der Waals surface area contributed by atoms with Crippen LogP contribution in [0.5, 0.6) is 5.75 Å². The number of nitrogens with two attached hydrogens (primary N) is 1. The van der Waals surface area contributed by atoms with Gasteiger partial charge in [-0.25, -0.2) is 0 Å². The van der Waals surface area contributed by atoms with Gasteiger partial charge in [0.2, 0.25) is 5.91 Å². The average molecular weight is 331 g/mol. The van der Waals surface area contributed by atoms with E-state index in [-0.39, 0.29) is 5.91 Å². The van der Waals surface area contributed by atoms with E-state index in [9.17, 15) is 9.59 Å². The smallest absolute Gasteiger partial charge is 0.262 e. The first-order valence-electron chi connectivity index (χ1n) is 7.07. The van der Waals surface area contributed by atoms with Crippen molar-refractivity contribution in [1.29, 1.82) is 0 Å². The zero-order chi connectivity index (χ0) is 16.6. The summed E-state index contributed by atoms with van der Waals surface area (Å²) in [5, 5.41) is 0.414. The van der Waals surface area contributed by atoms with Gasteiger partial charge in [0.25, 0.3) is 5.91 Å². The van der Waals surface area contributed by atoms with E-state index in [1.165, 1.54) is 18.1 Å². The van der Waals surface area contributed by atoms with Crippen LogP contribution in [0.25, 0.3) is 0 Å². The molecule has 0 saturated heterocycles. The van der Waals surface area contributed by atoms with Gasteiger partial charge >= 0.3 is 0 Å². The molecule has 2 aromatic rings. The fourth-order valence-electron chi connectivity index (χ4n) is 2.84. The second kappa shape index (κ2) is 5.93. The van der Waals surface area contributed by atoms with Crippen LogP contribution in [-0.2, 0) is 11.2 Å². The first-order valence-corrected chi connectivity index (χ1v) is 7.45. The van der Waals surface area contributed by atoms with E-state index in [0.29, 0.717) is 28.4 Å². The molecular weight excluding hydrogens is 316 g/mol. The van der Waals surface area contributed by atoms with Crippen molar-refractivity contribution < 1.29 is 14.3 Å². The number of benzene rings is 2. The lowest BCUT2D eigenvalue weighted by molar-refractivity contribution is -0.119. The van der Waals surface area contributed by atoms with Crippen molar-refractivity contribution in [2.75, 3.05) is 12.0 Å². The Hall–Kier alpha value is -2.53. The predicted octanol–water partition coefficient (Wildman–Crippen LogP) is 2.41. The molecule has 0 saturated carbocycles. The zero-order valence-electron chi connectivity index (χ0n) is 12.5. The summed E-state index contributed by atoms with van der Waals surface area (Å²) in [6, 6.07) is 11.4. The Morgan fingerprint density at radius 3 is 2.70 bits per heavy atom. The van der Waals surface area contributed by atoms with Crippen molar-refractivity contribution >= 4 is 29.1 Å². The summed E-state index contributed by atoms with van der Waals surface area (Å²) < 4.78 is 5.24. The van der Waals surface area contributed by atoms with E-state index in [1.807, 2.05) is 18.2 Å². The van der Waals surface area contributed by atoms with E-state index in [1.54, 1.807) is 18.2 Å². The molecule has 1 aliphatic heterocycles. The molecule has 0 radical (unpaired) electrons. The van der Waals surface area contributed by atoms with Crippen LogP contribution < -0.4 is 15.4 Å². The largest absolute Gasteiger partial charge is 0.496 e. The third kappa shape index (κ3) is 2.64. The molecule has 2 aromatic carbocycles. The van der Waals surface area contributed by atoms with Crippen molar-refractivity contribution in [1.82, 2.24) is 0 Å². The minimum absolute atomic E-state index is 0.294. The maximum Gasteiger partial charge on any atom is 0.262 e. The van der Waals surface area contributed by atoms with Crippen LogP contribution in [0, 0.1) is 0 Å². The molecule has 2 N–H and O–H groups in total. The van der Waals surface area contributed by atoms with Gasteiger partial charge in [-0.15, -0.1) is 0 Å². The second-order valence-electron chi connectivity index (χ2n) is 5.27. The lowest BCUT2D eigenvalue weighted by Gasteiger charge is -2.24. The summed E-state index contributed by atoms with van der Waals surface area (Å²) in [6.07, 6.45) is 0.403. The number of fused-ring (bicyclic) bond motifs is 1. The highest BCUT2D eigenvalue weighted by atomic mass is 35.5. The van der Waals surface area contributed by atoms with Crippen molar-refractivity contribution in [3.05, 3.63) is 58.6 Å². The highest BCUT2D eigenvalue weighted by Gasteiger charge is 2.38. The quantitative estimate of drug-likeness (QED) is 0.939. The van der Waals surface area contributed by atoms with Crippen LogP contribution in [-0.4, -0.2) is 25.0 Å². The summed E-state index contributed by atoms with van der Waals surface area (Å²) >= 11 is 6.01.